The quantitative estimate of drug-likeness (QED) is 0.500. The minimum atomic E-state index is -0.534. The lowest BCUT2D eigenvalue weighted by Crippen LogP contribution is -2.21. The molecular formula is C17H16ClFN6O3. The number of aryl methyl sites for hydroxylation is 1. The molecule has 0 aliphatic rings. The zero-order valence-electron chi connectivity index (χ0n) is 15.0. The highest BCUT2D eigenvalue weighted by Gasteiger charge is 2.23. The highest BCUT2D eigenvalue weighted by molar-refractivity contribution is 6.33. The third-order valence-corrected chi connectivity index (χ3v) is 4.36. The molecule has 0 aliphatic heterocycles. The first kappa shape index (κ1) is 19.5. The summed E-state index contributed by atoms with van der Waals surface area (Å²) < 4.78 is 16.4. The van der Waals surface area contributed by atoms with Crippen LogP contribution in [-0.2, 0) is 17.9 Å². The van der Waals surface area contributed by atoms with Gasteiger partial charge in [0.1, 0.15) is 28.8 Å². The summed E-state index contributed by atoms with van der Waals surface area (Å²) in [6.07, 6.45) is 1.47. The summed E-state index contributed by atoms with van der Waals surface area (Å²) in [4.78, 5) is 22.8. The highest BCUT2D eigenvalue weighted by atomic mass is 35.5. The molecule has 2 heterocycles. The minimum absolute atomic E-state index is 0.110. The van der Waals surface area contributed by atoms with Gasteiger partial charge in [-0.3, -0.25) is 24.3 Å². The number of carbonyl (C=O) groups excluding carboxylic acids is 1. The molecule has 146 valence electrons. The van der Waals surface area contributed by atoms with Crippen LogP contribution in [0.4, 0.5) is 15.9 Å². The molecule has 2 aromatic heterocycles. The number of amides is 1. The van der Waals surface area contributed by atoms with E-state index in [4.69, 9.17) is 11.6 Å². The number of nitrogens with one attached hydrogen (secondary N) is 1. The molecule has 0 aliphatic carbocycles. The summed E-state index contributed by atoms with van der Waals surface area (Å²) in [6, 6.07) is 6.26. The van der Waals surface area contributed by atoms with Crippen LogP contribution in [-0.4, -0.2) is 30.4 Å². The fourth-order valence-corrected chi connectivity index (χ4v) is 2.97. The molecule has 0 saturated carbocycles. The molecule has 0 atom stereocenters. The number of rotatable bonds is 6. The Morgan fingerprint density at radius 2 is 2.04 bits per heavy atom. The van der Waals surface area contributed by atoms with Crippen molar-refractivity contribution >= 4 is 29.0 Å². The van der Waals surface area contributed by atoms with Gasteiger partial charge in [-0.15, -0.1) is 0 Å². The molecule has 3 rings (SSSR count). The van der Waals surface area contributed by atoms with E-state index in [-0.39, 0.29) is 46.8 Å². The van der Waals surface area contributed by atoms with Crippen molar-refractivity contribution in [3.63, 3.8) is 0 Å². The number of nitro groups is 1. The molecule has 0 bridgehead atoms. The molecule has 11 heteroatoms. The Hall–Kier alpha value is -3.27. The molecule has 0 spiro atoms. The van der Waals surface area contributed by atoms with Gasteiger partial charge < -0.3 is 5.32 Å². The second-order valence-corrected chi connectivity index (χ2v) is 6.50. The minimum Gasteiger partial charge on any atom is -0.306 e. The van der Waals surface area contributed by atoms with E-state index in [1.54, 1.807) is 18.2 Å². The van der Waals surface area contributed by atoms with E-state index in [2.05, 4.69) is 15.5 Å². The van der Waals surface area contributed by atoms with Gasteiger partial charge in [0.15, 0.2) is 5.82 Å². The molecule has 0 radical (unpaired) electrons. The summed E-state index contributed by atoms with van der Waals surface area (Å²) in [5.41, 5.74) is 0.797. The molecule has 3 aromatic rings. The van der Waals surface area contributed by atoms with Crippen molar-refractivity contribution < 1.29 is 14.1 Å². The first-order chi connectivity index (χ1) is 13.3. The van der Waals surface area contributed by atoms with Gasteiger partial charge in [0.2, 0.25) is 5.91 Å². The Bertz CT molecular complexity index is 1060. The maximum atomic E-state index is 13.8. The smallest absolute Gasteiger partial charge is 0.306 e. The van der Waals surface area contributed by atoms with Crippen LogP contribution >= 0.6 is 11.6 Å². The SMILES string of the molecule is Cc1nn(CC(=O)Nc2nn(Cc3ccccc3F)cc2Cl)c(C)c1[N+](=O)[O-]. The van der Waals surface area contributed by atoms with Gasteiger partial charge in [0, 0.05) is 11.8 Å². The lowest BCUT2D eigenvalue weighted by atomic mass is 10.2. The van der Waals surface area contributed by atoms with Crippen LogP contribution in [0.2, 0.25) is 5.02 Å². The van der Waals surface area contributed by atoms with Gasteiger partial charge in [-0.1, -0.05) is 29.8 Å². The third-order valence-electron chi connectivity index (χ3n) is 4.08. The number of aromatic nitrogens is 4. The standard InChI is InChI=1S/C17H16ClFN6O3/c1-10-16(25(27)28)11(2)24(21-10)9-15(26)20-17-13(18)8-23(22-17)7-12-5-3-4-6-14(12)19/h3-6,8H,7,9H2,1-2H3,(H,20,22,26). The fourth-order valence-electron chi connectivity index (χ4n) is 2.78. The molecule has 0 fully saturated rings. The topological polar surface area (TPSA) is 108 Å². The van der Waals surface area contributed by atoms with Gasteiger partial charge in [-0.05, 0) is 19.9 Å². The maximum Gasteiger partial charge on any atom is 0.312 e. The van der Waals surface area contributed by atoms with Crippen molar-refractivity contribution in [3.05, 3.63) is 68.4 Å². The zero-order valence-corrected chi connectivity index (χ0v) is 15.8. The number of hydrogen-bond acceptors (Lipinski definition) is 5. The average molecular weight is 407 g/mol. The van der Waals surface area contributed by atoms with E-state index in [0.717, 1.165) is 0 Å². The molecule has 28 heavy (non-hydrogen) atoms. The summed E-state index contributed by atoms with van der Waals surface area (Å²) in [6.45, 7) is 2.92. The molecule has 9 nitrogen and oxygen atoms in total. The largest absolute Gasteiger partial charge is 0.312 e. The summed E-state index contributed by atoms with van der Waals surface area (Å²) in [7, 11) is 0. The van der Waals surface area contributed by atoms with Crippen LogP contribution in [0.1, 0.15) is 17.0 Å². The average Bonchev–Trinajstić information content (AvgIpc) is 3.08. The van der Waals surface area contributed by atoms with Crippen molar-refractivity contribution in [1.82, 2.24) is 19.6 Å². The normalized spacial score (nSPS) is 10.9. The number of carbonyl (C=O) groups is 1. The van der Waals surface area contributed by atoms with Crippen molar-refractivity contribution in [3.8, 4) is 0 Å². The zero-order chi connectivity index (χ0) is 20.4. The Balaban J connectivity index is 1.71. The lowest BCUT2D eigenvalue weighted by molar-refractivity contribution is -0.386. The highest BCUT2D eigenvalue weighted by Crippen LogP contribution is 2.23. The number of hydrogen-bond donors (Lipinski definition) is 1. The molecule has 1 aromatic carbocycles. The van der Waals surface area contributed by atoms with E-state index in [0.29, 0.717) is 5.56 Å². The van der Waals surface area contributed by atoms with Gasteiger partial charge in [0.25, 0.3) is 0 Å². The number of nitrogens with zero attached hydrogens (tertiary/aromatic N) is 5. The third kappa shape index (κ3) is 4.01. The second-order valence-electron chi connectivity index (χ2n) is 6.10. The van der Waals surface area contributed by atoms with Crippen LogP contribution in [0.3, 0.4) is 0 Å². The Labute approximate surface area is 163 Å². The van der Waals surface area contributed by atoms with Crippen LogP contribution in [0.25, 0.3) is 0 Å². The van der Waals surface area contributed by atoms with E-state index in [1.165, 1.54) is 35.5 Å². The predicted octanol–water partition coefficient (Wildman–Crippen LogP) is 3.08. The summed E-state index contributed by atoms with van der Waals surface area (Å²) in [5, 5.41) is 21.9. The second kappa shape index (κ2) is 7.77. The molecule has 0 saturated heterocycles. The molecule has 0 unspecified atom stereocenters. The van der Waals surface area contributed by atoms with E-state index < -0.39 is 10.8 Å². The Morgan fingerprint density at radius 3 is 2.68 bits per heavy atom. The van der Waals surface area contributed by atoms with E-state index in [1.807, 2.05) is 0 Å². The lowest BCUT2D eigenvalue weighted by Gasteiger charge is -2.05. The monoisotopic (exact) mass is 406 g/mol. The fraction of sp³-hybridized carbons (Fsp3) is 0.235. The van der Waals surface area contributed by atoms with Gasteiger partial charge >= 0.3 is 5.69 Å². The maximum absolute atomic E-state index is 13.8. The number of anilines is 1. The van der Waals surface area contributed by atoms with Crippen molar-refractivity contribution in [2.45, 2.75) is 26.9 Å². The van der Waals surface area contributed by atoms with Crippen LogP contribution < -0.4 is 5.32 Å². The van der Waals surface area contributed by atoms with Crippen LogP contribution in [0.5, 0.6) is 0 Å². The van der Waals surface area contributed by atoms with Crippen LogP contribution in [0, 0.1) is 29.8 Å². The van der Waals surface area contributed by atoms with Gasteiger partial charge in [0.05, 0.1) is 11.5 Å². The van der Waals surface area contributed by atoms with Crippen LogP contribution in [0.15, 0.2) is 30.5 Å². The predicted molar refractivity (Wildman–Crippen MR) is 99.7 cm³/mol. The summed E-state index contributed by atoms with van der Waals surface area (Å²) in [5.74, 6) is -0.761. The van der Waals surface area contributed by atoms with Crippen molar-refractivity contribution in [2.24, 2.45) is 0 Å². The van der Waals surface area contributed by atoms with E-state index >= 15 is 0 Å². The van der Waals surface area contributed by atoms with Crippen molar-refractivity contribution in [2.75, 3.05) is 5.32 Å². The van der Waals surface area contributed by atoms with E-state index in [9.17, 15) is 19.3 Å². The van der Waals surface area contributed by atoms with Gasteiger partial charge in [-0.25, -0.2) is 4.39 Å². The number of halogens is 2. The van der Waals surface area contributed by atoms with Crippen molar-refractivity contribution in [1.29, 1.82) is 0 Å². The Kier molecular flexibility index (Phi) is 5.41. The van der Waals surface area contributed by atoms with Gasteiger partial charge in [-0.2, -0.15) is 10.2 Å². The number of benzene rings is 1. The summed E-state index contributed by atoms with van der Waals surface area (Å²) >= 11 is 6.10. The Morgan fingerprint density at radius 1 is 1.32 bits per heavy atom. The first-order valence-electron chi connectivity index (χ1n) is 8.21. The first-order valence-corrected chi connectivity index (χ1v) is 8.58. The molecule has 1 N–H and O–H groups in total. The molecule has 1 amide bonds. The molecular weight excluding hydrogens is 391 g/mol.